The molecule has 0 aromatic rings. The third kappa shape index (κ3) is 3.08. The zero-order chi connectivity index (χ0) is 12.2. The highest BCUT2D eigenvalue weighted by Gasteiger charge is 2.53. The van der Waals surface area contributed by atoms with Crippen molar-refractivity contribution < 1.29 is 14.3 Å². The molecule has 0 N–H and O–H groups in total. The van der Waals surface area contributed by atoms with Crippen molar-refractivity contribution >= 4 is 5.97 Å². The Labute approximate surface area is 97.8 Å². The van der Waals surface area contributed by atoms with E-state index in [1.165, 1.54) is 13.2 Å². The molecule has 0 saturated carbocycles. The van der Waals surface area contributed by atoms with Crippen molar-refractivity contribution in [2.24, 2.45) is 5.92 Å². The van der Waals surface area contributed by atoms with Gasteiger partial charge in [0, 0.05) is 6.08 Å². The summed E-state index contributed by atoms with van der Waals surface area (Å²) in [6, 6.07) is 0. The molecule has 1 saturated heterocycles. The fourth-order valence-corrected chi connectivity index (χ4v) is 2.02. The highest BCUT2D eigenvalue weighted by Crippen LogP contribution is 2.45. The molecule has 3 nitrogen and oxygen atoms in total. The summed E-state index contributed by atoms with van der Waals surface area (Å²) < 4.78 is 10.3. The average molecular weight is 226 g/mol. The molecule has 1 aliphatic heterocycles. The number of hydrogen-bond acceptors (Lipinski definition) is 3. The number of carbonyl (C=O) groups is 1. The predicted molar refractivity (Wildman–Crippen MR) is 63.1 cm³/mol. The molecule has 0 aromatic heterocycles. The fraction of sp³-hybridized carbons (Fsp3) is 0.769. The predicted octanol–water partition coefficient (Wildman–Crippen LogP) is 2.70. The summed E-state index contributed by atoms with van der Waals surface area (Å²) in [4.78, 5) is 11.1. The van der Waals surface area contributed by atoms with E-state index in [1.807, 2.05) is 6.08 Å². The third-order valence-corrected chi connectivity index (χ3v) is 3.29. The van der Waals surface area contributed by atoms with E-state index in [1.54, 1.807) is 0 Å². The molecule has 1 fully saturated rings. The summed E-state index contributed by atoms with van der Waals surface area (Å²) in [5, 5.41) is 0. The summed E-state index contributed by atoms with van der Waals surface area (Å²) in [7, 11) is 1.39. The highest BCUT2D eigenvalue weighted by atomic mass is 16.6. The molecular weight excluding hydrogens is 204 g/mol. The molecule has 3 heteroatoms. The molecular formula is C13H22O3. The maximum absolute atomic E-state index is 11.1. The van der Waals surface area contributed by atoms with Gasteiger partial charge in [-0.15, -0.1) is 0 Å². The Kier molecular flexibility index (Phi) is 4.54. The zero-order valence-electron chi connectivity index (χ0n) is 10.7. The molecule has 0 spiro atoms. The molecule has 1 aliphatic rings. The summed E-state index contributed by atoms with van der Waals surface area (Å²) in [5.41, 5.74) is -0.210. The maximum Gasteiger partial charge on any atom is 0.330 e. The number of methoxy groups -OCH3 is 1. The standard InChI is InChI=1S/C13H22O3/c1-5-10(3)9-13(11(6-2)16-13)8-7-12(14)15-4/h7-8,10-11H,5-6,9H2,1-4H3/b8-7-/t10-,11+,13-/m0/s1. The second-order valence-electron chi connectivity index (χ2n) is 4.54. The smallest absolute Gasteiger partial charge is 0.330 e. The van der Waals surface area contributed by atoms with Crippen molar-refractivity contribution in [2.45, 2.75) is 51.7 Å². The monoisotopic (exact) mass is 226 g/mol. The Balaban J connectivity index is 2.61. The molecule has 16 heavy (non-hydrogen) atoms. The lowest BCUT2D eigenvalue weighted by atomic mass is 9.90. The van der Waals surface area contributed by atoms with Crippen LogP contribution in [0.2, 0.25) is 0 Å². The minimum Gasteiger partial charge on any atom is -0.466 e. The number of ether oxygens (including phenoxy) is 2. The third-order valence-electron chi connectivity index (χ3n) is 3.29. The summed E-state index contributed by atoms with van der Waals surface area (Å²) in [6.45, 7) is 6.49. The van der Waals surface area contributed by atoms with Crippen LogP contribution in [0.3, 0.4) is 0 Å². The van der Waals surface area contributed by atoms with Gasteiger partial charge in [0.2, 0.25) is 0 Å². The van der Waals surface area contributed by atoms with Crippen LogP contribution in [0.4, 0.5) is 0 Å². The van der Waals surface area contributed by atoms with Crippen LogP contribution in [-0.2, 0) is 14.3 Å². The van der Waals surface area contributed by atoms with E-state index in [4.69, 9.17) is 4.74 Å². The van der Waals surface area contributed by atoms with Gasteiger partial charge < -0.3 is 9.47 Å². The normalized spacial score (nSPS) is 30.4. The van der Waals surface area contributed by atoms with E-state index in [9.17, 15) is 4.79 Å². The van der Waals surface area contributed by atoms with Gasteiger partial charge in [-0.2, -0.15) is 0 Å². The Morgan fingerprint density at radius 1 is 1.56 bits per heavy atom. The minimum absolute atomic E-state index is 0.210. The lowest BCUT2D eigenvalue weighted by Gasteiger charge is -2.13. The van der Waals surface area contributed by atoms with Crippen LogP contribution >= 0.6 is 0 Å². The Morgan fingerprint density at radius 3 is 2.69 bits per heavy atom. The van der Waals surface area contributed by atoms with Crippen LogP contribution in [-0.4, -0.2) is 24.8 Å². The summed E-state index contributed by atoms with van der Waals surface area (Å²) in [6.07, 6.45) is 6.73. The van der Waals surface area contributed by atoms with Crippen molar-refractivity contribution in [1.29, 1.82) is 0 Å². The molecule has 92 valence electrons. The molecule has 0 aliphatic carbocycles. The van der Waals surface area contributed by atoms with Gasteiger partial charge in [0.05, 0.1) is 13.2 Å². The second-order valence-corrected chi connectivity index (χ2v) is 4.54. The molecule has 0 amide bonds. The van der Waals surface area contributed by atoms with Gasteiger partial charge in [-0.05, 0) is 24.8 Å². The first-order valence-corrected chi connectivity index (χ1v) is 6.03. The van der Waals surface area contributed by atoms with Crippen molar-refractivity contribution in [3.05, 3.63) is 12.2 Å². The fourth-order valence-electron chi connectivity index (χ4n) is 2.02. The Morgan fingerprint density at radius 2 is 2.25 bits per heavy atom. The first-order valence-electron chi connectivity index (χ1n) is 6.03. The largest absolute Gasteiger partial charge is 0.466 e. The van der Waals surface area contributed by atoms with Crippen LogP contribution in [0.15, 0.2) is 12.2 Å². The number of hydrogen-bond donors (Lipinski definition) is 0. The van der Waals surface area contributed by atoms with Crippen molar-refractivity contribution in [3.8, 4) is 0 Å². The first kappa shape index (κ1) is 13.2. The van der Waals surface area contributed by atoms with Crippen molar-refractivity contribution in [1.82, 2.24) is 0 Å². The van der Waals surface area contributed by atoms with Gasteiger partial charge in [-0.1, -0.05) is 27.2 Å². The van der Waals surface area contributed by atoms with Gasteiger partial charge in [-0.25, -0.2) is 4.79 Å². The van der Waals surface area contributed by atoms with Crippen LogP contribution in [0.1, 0.15) is 40.0 Å². The SMILES string of the molecule is CC[C@H](C)C[C@]1(/C=C\C(=O)OC)O[C@@H]1CC. The number of esters is 1. The van der Waals surface area contributed by atoms with E-state index in [2.05, 4.69) is 25.5 Å². The van der Waals surface area contributed by atoms with E-state index < -0.39 is 0 Å². The van der Waals surface area contributed by atoms with Gasteiger partial charge >= 0.3 is 5.97 Å². The van der Waals surface area contributed by atoms with Gasteiger partial charge in [0.25, 0.3) is 0 Å². The molecule has 3 atom stereocenters. The molecule has 0 radical (unpaired) electrons. The van der Waals surface area contributed by atoms with Crippen LogP contribution in [0, 0.1) is 5.92 Å². The van der Waals surface area contributed by atoms with Gasteiger partial charge in [0.15, 0.2) is 0 Å². The lowest BCUT2D eigenvalue weighted by molar-refractivity contribution is -0.134. The van der Waals surface area contributed by atoms with E-state index in [-0.39, 0.29) is 17.7 Å². The molecule has 0 bridgehead atoms. The first-order chi connectivity index (χ1) is 7.57. The van der Waals surface area contributed by atoms with Crippen LogP contribution < -0.4 is 0 Å². The zero-order valence-corrected chi connectivity index (χ0v) is 10.7. The summed E-state index contributed by atoms with van der Waals surface area (Å²) in [5.74, 6) is 0.299. The van der Waals surface area contributed by atoms with Crippen molar-refractivity contribution in [2.75, 3.05) is 7.11 Å². The van der Waals surface area contributed by atoms with Crippen LogP contribution in [0.5, 0.6) is 0 Å². The highest BCUT2D eigenvalue weighted by molar-refractivity contribution is 5.82. The maximum atomic E-state index is 11.1. The van der Waals surface area contributed by atoms with Crippen molar-refractivity contribution in [3.63, 3.8) is 0 Å². The van der Waals surface area contributed by atoms with Gasteiger partial charge in [-0.3, -0.25) is 0 Å². The lowest BCUT2D eigenvalue weighted by Crippen LogP contribution is -2.16. The number of epoxide rings is 1. The molecule has 0 unspecified atom stereocenters. The Hall–Kier alpha value is -0.830. The van der Waals surface area contributed by atoms with E-state index in [0.717, 1.165) is 19.3 Å². The minimum atomic E-state index is -0.311. The topological polar surface area (TPSA) is 38.8 Å². The molecule has 1 heterocycles. The van der Waals surface area contributed by atoms with Gasteiger partial charge in [0.1, 0.15) is 5.60 Å². The van der Waals surface area contributed by atoms with E-state index >= 15 is 0 Å². The number of carbonyl (C=O) groups excluding carboxylic acids is 1. The average Bonchev–Trinajstić information content (AvgIpc) is 2.99. The quantitative estimate of drug-likeness (QED) is 0.397. The Bertz CT molecular complexity index is 272. The van der Waals surface area contributed by atoms with Crippen LogP contribution in [0.25, 0.3) is 0 Å². The number of rotatable bonds is 6. The van der Waals surface area contributed by atoms with E-state index in [0.29, 0.717) is 5.92 Å². The molecule has 1 rings (SSSR count). The summed E-state index contributed by atoms with van der Waals surface area (Å²) >= 11 is 0. The second kappa shape index (κ2) is 5.48. The molecule has 0 aromatic carbocycles.